The predicted octanol–water partition coefficient (Wildman–Crippen LogP) is 2.31. The smallest absolute Gasteiger partial charge is 0.134 e. The lowest BCUT2D eigenvalue weighted by Gasteiger charge is -2.42. The highest BCUT2D eigenvalue weighted by atomic mass is 19.1. The summed E-state index contributed by atoms with van der Waals surface area (Å²) in [5, 5.41) is 22.4. The Hall–Kier alpha value is -2.39. The third kappa shape index (κ3) is 6.35. The molecule has 2 saturated heterocycles. The molecule has 1 atom stereocenters. The van der Waals surface area contributed by atoms with E-state index in [0.29, 0.717) is 44.8 Å². The van der Waals surface area contributed by atoms with E-state index >= 15 is 0 Å². The van der Waals surface area contributed by atoms with E-state index in [-0.39, 0.29) is 19.0 Å². The zero-order chi connectivity index (χ0) is 23.3. The molecule has 1 unspecified atom stereocenters. The van der Waals surface area contributed by atoms with E-state index in [1.165, 1.54) is 12.1 Å². The van der Waals surface area contributed by atoms with Gasteiger partial charge in [-0.05, 0) is 49.2 Å². The summed E-state index contributed by atoms with van der Waals surface area (Å²) in [6, 6.07) is 13.8. The minimum Gasteiger partial charge on any atom is -0.497 e. The molecular formula is C25H33FN2O5. The Morgan fingerprint density at radius 2 is 1.76 bits per heavy atom. The largest absolute Gasteiger partial charge is 0.497 e. The first-order chi connectivity index (χ1) is 15.9. The molecule has 4 rings (SSSR count). The Bertz CT molecular complexity index is 904. The summed E-state index contributed by atoms with van der Waals surface area (Å²) in [6.45, 7) is 3.46. The summed E-state index contributed by atoms with van der Waals surface area (Å²) in [5.74, 6) is 0.801. The number of nitrogens with zero attached hydrogens (tertiary/aromatic N) is 2. The highest BCUT2D eigenvalue weighted by Gasteiger charge is 2.39. The molecule has 2 aromatic carbocycles. The number of rotatable bonds is 7. The maximum absolute atomic E-state index is 13.4. The predicted molar refractivity (Wildman–Crippen MR) is 123 cm³/mol. The summed E-state index contributed by atoms with van der Waals surface area (Å²) in [4.78, 5) is 4.31. The van der Waals surface area contributed by atoms with Crippen LogP contribution in [0.2, 0.25) is 0 Å². The first kappa shape index (κ1) is 23.8. The van der Waals surface area contributed by atoms with Crippen LogP contribution in [0.4, 0.5) is 10.1 Å². The SMILES string of the molecule is COc1ccc(N2CCC(O)(CN3CCOCC(O)(COc4cccc(F)c4)C3)CC2)cc1. The van der Waals surface area contributed by atoms with Crippen LogP contribution in [0.5, 0.6) is 11.5 Å². The number of hydrogen-bond donors (Lipinski definition) is 2. The lowest BCUT2D eigenvalue weighted by molar-refractivity contribution is -0.0742. The highest BCUT2D eigenvalue weighted by molar-refractivity contribution is 5.49. The second kappa shape index (κ2) is 10.3. The summed E-state index contributed by atoms with van der Waals surface area (Å²) in [5.41, 5.74) is -0.967. The maximum Gasteiger partial charge on any atom is 0.134 e. The zero-order valence-electron chi connectivity index (χ0n) is 19.1. The van der Waals surface area contributed by atoms with Gasteiger partial charge < -0.3 is 29.3 Å². The Kier molecular flexibility index (Phi) is 7.38. The molecular weight excluding hydrogens is 427 g/mol. The van der Waals surface area contributed by atoms with Crippen molar-refractivity contribution in [2.24, 2.45) is 0 Å². The van der Waals surface area contributed by atoms with Crippen LogP contribution < -0.4 is 14.4 Å². The number of aliphatic hydroxyl groups is 2. The molecule has 2 aromatic rings. The maximum atomic E-state index is 13.4. The first-order valence-corrected chi connectivity index (χ1v) is 11.4. The third-order valence-electron chi connectivity index (χ3n) is 6.39. The number of anilines is 1. The zero-order valence-corrected chi connectivity index (χ0v) is 19.1. The van der Waals surface area contributed by atoms with Crippen LogP contribution in [-0.2, 0) is 4.74 Å². The third-order valence-corrected chi connectivity index (χ3v) is 6.39. The molecule has 2 heterocycles. The van der Waals surface area contributed by atoms with Gasteiger partial charge in [-0.2, -0.15) is 0 Å². The van der Waals surface area contributed by atoms with Gasteiger partial charge in [-0.15, -0.1) is 0 Å². The number of halogens is 1. The van der Waals surface area contributed by atoms with Crippen LogP contribution in [0.3, 0.4) is 0 Å². The van der Waals surface area contributed by atoms with Gasteiger partial charge in [-0.1, -0.05) is 6.07 Å². The minimum atomic E-state index is -1.25. The topological polar surface area (TPSA) is 74.6 Å². The van der Waals surface area contributed by atoms with Crippen molar-refractivity contribution in [2.75, 3.05) is 64.6 Å². The van der Waals surface area contributed by atoms with Crippen LogP contribution in [0.15, 0.2) is 48.5 Å². The standard InChI is InChI=1S/C25H33FN2O5/c1-31-22-7-5-21(6-8-22)28-11-9-24(29,10-12-28)16-27-13-14-32-18-25(30,17-27)19-33-23-4-2-3-20(26)15-23/h2-8,15,29-30H,9-14,16-19H2,1H3. The van der Waals surface area contributed by atoms with Crippen molar-refractivity contribution in [1.82, 2.24) is 4.90 Å². The van der Waals surface area contributed by atoms with E-state index in [1.807, 2.05) is 29.2 Å². The molecule has 7 nitrogen and oxygen atoms in total. The molecule has 0 amide bonds. The minimum absolute atomic E-state index is 0.0172. The van der Waals surface area contributed by atoms with Crippen LogP contribution >= 0.6 is 0 Å². The van der Waals surface area contributed by atoms with Crippen molar-refractivity contribution in [1.29, 1.82) is 0 Å². The summed E-state index contributed by atoms with van der Waals surface area (Å²) >= 11 is 0. The van der Waals surface area contributed by atoms with Crippen molar-refractivity contribution >= 4 is 5.69 Å². The molecule has 33 heavy (non-hydrogen) atoms. The molecule has 0 aliphatic carbocycles. The molecule has 180 valence electrons. The number of hydrogen-bond acceptors (Lipinski definition) is 7. The highest BCUT2D eigenvalue weighted by Crippen LogP contribution is 2.29. The van der Waals surface area contributed by atoms with E-state index in [4.69, 9.17) is 14.2 Å². The van der Waals surface area contributed by atoms with Gasteiger partial charge in [0.2, 0.25) is 0 Å². The number of β-amino-alcohol motifs (C(OH)–C–C–N with tert-alkyl or cyclic N) is 2. The number of piperidine rings is 1. The lowest BCUT2D eigenvalue weighted by atomic mass is 9.90. The molecule has 2 aliphatic heterocycles. The molecule has 0 spiro atoms. The molecule has 2 aliphatic rings. The van der Waals surface area contributed by atoms with Crippen molar-refractivity contribution in [3.05, 3.63) is 54.3 Å². The van der Waals surface area contributed by atoms with E-state index in [1.54, 1.807) is 19.2 Å². The van der Waals surface area contributed by atoms with E-state index in [0.717, 1.165) is 24.5 Å². The fourth-order valence-corrected chi connectivity index (χ4v) is 4.54. The molecule has 0 aromatic heterocycles. The molecule has 0 bridgehead atoms. The van der Waals surface area contributed by atoms with Gasteiger partial charge in [0.1, 0.15) is 29.5 Å². The van der Waals surface area contributed by atoms with Crippen molar-refractivity contribution in [3.8, 4) is 11.5 Å². The number of ether oxygens (including phenoxy) is 3. The summed E-state index contributed by atoms with van der Waals surface area (Å²) in [7, 11) is 1.65. The number of benzene rings is 2. The fraction of sp³-hybridized carbons (Fsp3) is 0.520. The molecule has 2 fully saturated rings. The van der Waals surface area contributed by atoms with E-state index in [2.05, 4.69) is 4.90 Å². The van der Waals surface area contributed by atoms with Gasteiger partial charge in [0.25, 0.3) is 0 Å². The van der Waals surface area contributed by atoms with Crippen LogP contribution in [0.1, 0.15) is 12.8 Å². The summed E-state index contributed by atoms with van der Waals surface area (Å²) < 4.78 is 29.9. The quantitative estimate of drug-likeness (QED) is 0.657. The van der Waals surface area contributed by atoms with Crippen molar-refractivity contribution in [2.45, 2.75) is 24.0 Å². The average Bonchev–Trinajstić information content (AvgIpc) is 2.99. The lowest BCUT2D eigenvalue weighted by Crippen LogP contribution is -2.55. The monoisotopic (exact) mass is 460 g/mol. The Labute approximate surface area is 194 Å². The van der Waals surface area contributed by atoms with Gasteiger partial charge in [0.05, 0.1) is 25.9 Å². The van der Waals surface area contributed by atoms with Gasteiger partial charge >= 0.3 is 0 Å². The molecule has 2 N–H and O–H groups in total. The van der Waals surface area contributed by atoms with Crippen molar-refractivity contribution < 1.29 is 28.8 Å². The molecule has 0 saturated carbocycles. The van der Waals surface area contributed by atoms with Crippen molar-refractivity contribution in [3.63, 3.8) is 0 Å². The van der Waals surface area contributed by atoms with E-state index < -0.39 is 11.2 Å². The van der Waals surface area contributed by atoms with Gasteiger partial charge in [0, 0.05) is 44.5 Å². The average molecular weight is 461 g/mol. The Morgan fingerprint density at radius 3 is 2.45 bits per heavy atom. The van der Waals surface area contributed by atoms with Gasteiger partial charge in [-0.25, -0.2) is 4.39 Å². The Morgan fingerprint density at radius 1 is 1.00 bits per heavy atom. The second-order valence-electron chi connectivity index (χ2n) is 9.14. The number of methoxy groups -OCH3 is 1. The fourth-order valence-electron chi connectivity index (χ4n) is 4.54. The van der Waals surface area contributed by atoms with Crippen LogP contribution in [0.25, 0.3) is 0 Å². The molecule has 0 radical (unpaired) electrons. The normalized spacial score (nSPS) is 23.7. The van der Waals surface area contributed by atoms with Crippen LogP contribution in [0, 0.1) is 5.82 Å². The summed E-state index contributed by atoms with van der Waals surface area (Å²) in [6.07, 6.45) is 1.27. The van der Waals surface area contributed by atoms with Gasteiger partial charge in [0.15, 0.2) is 0 Å². The van der Waals surface area contributed by atoms with E-state index in [9.17, 15) is 14.6 Å². The molecule has 8 heteroatoms. The van der Waals surface area contributed by atoms with Crippen LogP contribution in [-0.4, -0.2) is 86.0 Å². The first-order valence-electron chi connectivity index (χ1n) is 11.4. The second-order valence-corrected chi connectivity index (χ2v) is 9.14. The Balaban J connectivity index is 1.32. The van der Waals surface area contributed by atoms with Gasteiger partial charge in [-0.3, -0.25) is 4.90 Å².